The first-order valence-corrected chi connectivity index (χ1v) is 7.29. The van der Waals surface area contributed by atoms with E-state index in [9.17, 15) is 9.59 Å². The summed E-state index contributed by atoms with van der Waals surface area (Å²) in [6.07, 6.45) is 7.09. The van der Waals surface area contributed by atoms with E-state index < -0.39 is 0 Å². The summed E-state index contributed by atoms with van der Waals surface area (Å²) in [4.78, 5) is 22.6. The van der Waals surface area contributed by atoms with Gasteiger partial charge < -0.3 is 16.4 Å². The van der Waals surface area contributed by atoms with E-state index in [1.165, 1.54) is 26.2 Å². The third kappa shape index (κ3) is 6.05. The summed E-state index contributed by atoms with van der Waals surface area (Å²) in [5.41, 5.74) is 5.90. The Labute approximate surface area is 115 Å². The van der Waals surface area contributed by atoms with Gasteiger partial charge in [0.15, 0.2) is 0 Å². The quantitative estimate of drug-likeness (QED) is 0.601. The first-order chi connectivity index (χ1) is 9.08. The van der Waals surface area contributed by atoms with Gasteiger partial charge in [0.25, 0.3) is 0 Å². The van der Waals surface area contributed by atoms with Crippen LogP contribution in [0.1, 0.15) is 51.9 Å². The Morgan fingerprint density at radius 2 is 1.74 bits per heavy atom. The molecule has 0 aromatic heterocycles. The highest BCUT2D eigenvalue weighted by Gasteiger charge is 2.32. The Bertz CT molecular complexity index is 299. The predicted molar refractivity (Wildman–Crippen MR) is 75.5 cm³/mol. The van der Waals surface area contributed by atoms with Crippen LogP contribution in [-0.2, 0) is 9.59 Å². The molecule has 0 heterocycles. The minimum Gasteiger partial charge on any atom is -0.356 e. The van der Waals surface area contributed by atoms with Gasteiger partial charge in [-0.1, -0.05) is 19.3 Å². The van der Waals surface area contributed by atoms with Crippen molar-refractivity contribution in [3.63, 3.8) is 0 Å². The van der Waals surface area contributed by atoms with Crippen LogP contribution in [0.5, 0.6) is 0 Å². The predicted octanol–water partition coefficient (Wildman–Crippen LogP) is 0.928. The normalized spacial score (nSPS) is 17.8. The fourth-order valence-corrected chi connectivity index (χ4v) is 2.74. The topological polar surface area (TPSA) is 84.2 Å². The number of nitrogens with one attached hydrogen (secondary N) is 2. The van der Waals surface area contributed by atoms with Crippen LogP contribution in [0.25, 0.3) is 0 Å². The zero-order chi connectivity index (χ0) is 14.1. The highest BCUT2D eigenvalue weighted by atomic mass is 16.2. The standard InChI is InChI=1S/C14H27N3O2/c1-12(18)16-8-5-9-17-13(19)10-14(11-15)6-3-2-4-7-14/h2-11,15H2,1H3,(H,16,18)(H,17,19). The SMILES string of the molecule is CC(=O)NCCCNC(=O)CC1(CN)CCCCC1. The van der Waals surface area contributed by atoms with E-state index in [4.69, 9.17) is 5.73 Å². The molecule has 0 unspecified atom stereocenters. The lowest BCUT2D eigenvalue weighted by molar-refractivity contribution is -0.123. The Kier molecular flexibility index (Phi) is 6.84. The van der Waals surface area contributed by atoms with E-state index in [1.807, 2.05) is 0 Å². The van der Waals surface area contributed by atoms with Crippen molar-refractivity contribution in [3.8, 4) is 0 Å². The summed E-state index contributed by atoms with van der Waals surface area (Å²) in [6, 6.07) is 0. The first kappa shape index (κ1) is 16.0. The number of nitrogens with two attached hydrogens (primary N) is 1. The number of hydrogen-bond acceptors (Lipinski definition) is 3. The molecule has 1 aliphatic rings. The maximum Gasteiger partial charge on any atom is 0.220 e. The zero-order valence-electron chi connectivity index (χ0n) is 12.0. The maximum absolute atomic E-state index is 11.9. The molecule has 1 saturated carbocycles. The Morgan fingerprint density at radius 1 is 1.11 bits per heavy atom. The Hall–Kier alpha value is -1.10. The van der Waals surface area contributed by atoms with Gasteiger partial charge in [0.05, 0.1) is 0 Å². The highest BCUT2D eigenvalue weighted by Crippen LogP contribution is 2.38. The number of rotatable bonds is 7. The van der Waals surface area contributed by atoms with Gasteiger partial charge >= 0.3 is 0 Å². The summed E-state index contributed by atoms with van der Waals surface area (Å²) in [5, 5.41) is 5.63. The van der Waals surface area contributed by atoms with E-state index in [-0.39, 0.29) is 17.2 Å². The smallest absolute Gasteiger partial charge is 0.220 e. The molecule has 0 spiro atoms. The van der Waals surface area contributed by atoms with Crippen molar-refractivity contribution in [2.45, 2.75) is 51.9 Å². The molecule has 0 bridgehead atoms. The fraction of sp³-hybridized carbons (Fsp3) is 0.857. The summed E-state index contributed by atoms with van der Waals surface area (Å²) >= 11 is 0. The van der Waals surface area contributed by atoms with Crippen LogP contribution in [0.15, 0.2) is 0 Å². The second-order valence-electron chi connectivity index (χ2n) is 5.63. The molecule has 0 atom stereocenters. The lowest BCUT2D eigenvalue weighted by Gasteiger charge is -2.35. The van der Waals surface area contributed by atoms with Crippen LogP contribution in [0.2, 0.25) is 0 Å². The van der Waals surface area contributed by atoms with E-state index in [1.54, 1.807) is 0 Å². The van der Waals surface area contributed by atoms with Crippen LogP contribution in [-0.4, -0.2) is 31.4 Å². The minimum absolute atomic E-state index is 0.0277. The maximum atomic E-state index is 11.9. The number of carbonyl (C=O) groups excluding carboxylic acids is 2. The molecule has 0 radical (unpaired) electrons. The average Bonchev–Trinajstić information content (AvgIpc) is 2.39. The van der Waals surface area contributed by atoms with Gasteiger partial charge in [-0.25, -0.2) is 0 Å². The zero-order valence-corrected chi connectivity index (χ0v) is 12.0. The molecule has 110 valence electrons. The molecule has 0 aromatic rings. The number of amides is 2. The van der Waals surface area contributed by atoms with Crippen LogP contribution in [0.4, 0.5) is 0 Å². The molecule has 0 aromatic carbocycles. The van der Waals surface area contributed by atoms with E-state index in [0.29, 0.717) is 26.1 Å². The minimum atomic E-state index is -0.0318. The molecular weight excluding hydrogens is 242 g/mol. The van der Waals surface area contributed by atoms with Gasteiger partial charge in [-0.05, 0) is 31.2 Å². The van der Waals surface area contributed by atoms with Crippen molar-refractivity contribution >= 4 is 11.8 Å². The molecule has 0 saturated heterocycles. The number of carbonyl (C=O) groups is 2. The first-order valence-electron chi connectivity index (χ1n) is 7.29. The molecule has 1 fully saturated rings. The van der Waals surface area contributed by atoms with Crippen LogP contribution in [0, 0.1) is 5.41 Å². The molecule has 1 aliphatic carbocycles. The van der Waals surface area contributed by atoms with Crippen molar-refractivity contribution in [2.75, 3.05) is 19.6 Å². The average molecular weight is 269 g/mol. The van der Waals surface area contributed by atoms with Crippen molar-refractivity contribution < 1.29 is 9.59 Å². The van der Waals surface area contributed by atoms with Gasteiger partial charge in [0.1, 0.15) is 0 Å². The summed E-state index contributed by atoms with van der Waals surface area (Å²) < 4.78 is 0. The molecule has 0 aliphatic heterocycles. The van der Waals surface area contributed by atoms with Crippen molar-refractivity contribution in [1.82, 2.24) is 10.6 Å². The van der Waals surface area contributed by atoms with Gasteiger partial charge in [-0.3, -0.25) is 9.59 Å². The third-order valence-corrected chi connectivity index (χ3v) is 3.93. The molecule has 5 nitrogen and oxygen atoms in total. The molecule has 2 amide bonds. The Morgan fingerprint density at radius 3 is 2.32 bits per heavy atom. The molecule has 4 N–H and O–H groups in total. The van der Waals surface area contributed by atoms with E-state index in [0.717, 1.165) is 19.3 Å². The van der Waals surface area contributed by atoms with Crippen molar-refractivity contribution in [3.05, 3.63) is 0 Å². The van der Waals surface area contributed by atoms with Crippen molar-refractivity contribution in [1.29, 1.82) is 0 Å². The summed E-state index contributed by atoms with van der Waals surface area (Å²) in [6.45, 7) is 3.32. The second-order valence-corrected chi connectivity index (χ2v) is 5.63. The summed E-state index contributed by atoms with van der Waals surface area (Å²) in [5.74, 6) is 0.0609. The number of hydrogen-bond donors (Lipinski definition) is 3. The van der Waals surface area contributed by atoms with Crippen LogP contribution >= 0.6 is 0 Å². The van der Waals surface area contributed by atoms with Gasteiger partial charge in [0.2, 0.25) is 11.8 Å². The lowest BCUT2D eigenvalue weighted by Crippen LogP contribution is -2.39. The molecule has 5 heteroatoms. The van der Waals surface area contributed by atoms with Gasteiger partial charge in [0, 0.05) is 26.4 Å². The van der Waals surface area contributed by atoms with Crippen LogP contribution < -0.4 is 16.4 Å². The van der Waals surface area contributed by atoms with Crippen LogP contribution in [0.3, 0.4) is 0 Å². The highest BCUT2D eigenvalue weighted by molar-refractivity contribution is 5.76. The molecular formula is C14H27N3O2. The summed E-state index contributed by atoms with van der Waals surface area (Å²) in [7, 11) is 0. The molecule has 19 heavy (non-hydrogen) atoms. The fourth-order valence-electron chi connectivity index (χ4n) is 2.74. The Balaban J connectivity index is 2.20. The largest absolute Gasteiger partial charge is 0.356 e. The molecule has 1 rings (SSSR count). The lowest BCUT2D eigenvalue weighted by atomic mass is 9.71. The van der Waals surface area contributed by atoms with Gasteiger partial charge in [-0.2, -0.15) is 0 Å². The van der Waals surface area contributed by atoms with Crippen molar-refractivity contribution in [2.24, 2.45) is 11.1 Å². The van der Waals surface area contributed by atoms with E-state index in [2.05, 4.69) is 10.6 Å². The third-order valence-electron chi connectivity index (χ3n) is 3.93. The second kappa shape index (κ2) is 8.15. The monoisotopic (exact) mass is 269 g/mol. The van der Waals surface area contributed by atoms with E-state index >= 15 is 0 Å². The van der Waals surface area contributed by atoms with Gasteiger partial charge in [-0.15, -0.1) is 0 Å².